The van der Waals surface area contributed by atoms with E-state index < -0.39 is 12.0 Å². The van der Waals surface area contributed by atoms with Crippen molar-refractivity contribution in [2.45, 2.75) is 13.0 Å². The Balaban J connectivity index is 2.79. The molecule has 1 N–H and O–H groups in total. The standard InChI is InChI=1S/C11H11Br2NO3/c1-6(11(16)17-2)14-10(15)7-3-8(12)5-9(13)4-7/h3-6H,1-2H3,(H,14,15). The Hall–Kier alpha value is -0.880. The van der Waals surface area contributed by atoms with Crippen LogP contribution in [0.5, 0.6) is 0 Å². The zero-order chi connectivity index (χ0) is 13.0. The van der Waals surface area contributed by atoms with Crippen molar-refractivity contribution in [1.82, 2.24) is 5.32 Å². The van der Waals surface area contributed by atoms with E-state index in [4.69, 9.17) is 0 Å². The number of rotatable bonds is 3. The predicted octanol–water partition coefficient (Wildman–Crippen LogP) is 2.50. The summed E-state index contributed by atoms with van der Waals surface area (Å²) in [6.45, 7) is 1.57. The monoisotopic (exact) mass is 363 g/mol. The Morgan fingerprint density at radius 2 is 1.76 bits per heavy atom. The SMILES string of the molecule is COC(=O)C(C)NC(=O)c1cc(Br)cc(Br)c1. The smallest absolute Gasteiger partial charge is 0.328 e. The first kappa shape index (κ1) is 14.2. The molecule has 1 amide bonds. The molecule has 0 fully saturated rings. The largest absolute Gasteiger partial charge is 0.467 e. The maximum atomic E-state index is 11.8. The third-order valence-electron chi connectivity index (χ3n) is 2.03. The van der Waals surface area contributed by atoms with Crippen LogP contribution in [0.4, 0.5) is 0 Å². The minimum Gasteiger partial charge on any atom is -0.467 e. The molecule has 1 atom stereocenters. The maximum Gasteiger partial charge on any atom is 0.328 e. The molecule has 6 heteroatoms. The van der Waals surface area contributed by atoms with E-state index in [2.05, 4.69) is 41.9 Å². The third-order valence-corrected chi connectivity index (χ3v) is 2.94. The summed E-state index contributed by atoms with van der Waals surface area (Å²) >= 11 is 6.58. The number of ether oxygens (including phenoxy) is 1. The maximum absolute atomic E-state index is 11.8. The number of hydrogen-bond acceptors (Lipinski definition) is 3. The minimum absolute atomic E-state index is 0.329. The van der Waals surface area contributed by atoms with Crippen molar-refractivity contribution in [2.24, 2.45) is 0 Å². The molecule has 1 rings (SSSR count). The molecule has 0 heterocycles. The summed E-state index contributed by atoms with van der Waals surface area (Å²) < 4.78 is 6.08. The number of nitrogens with one attached hydrogen (secondary N) is 1. The van der Waals surface area contributed by atoms with Crippen molar-refractivity contribution in [1.29, 1.82) is 0 Å². The molecule has 0 aliphatic rings. The predicted molar refractivity (Wildman–Crippen MR) is 70.8 cm³/mol. The first-order chi connectivity index (χ1) is 7.93. The topological polar surface area (TPSA) is 55.4 Å². The van der Waals surface area contributed by atoms with Crippen LogP contribution in [-0.4, -0.2) is 25.0 Å². The molecule has 4 nitrogen and oxygen atoms in total. The zero-order valence-corrected chi connectivity index (χ0v) is 12.5. The van der Waals surface area contributed by atoms with E-state index in [1.807, 2.05) is 6.07 Å². The summed E-state index contributed by atoms with van der Waals surface area (Å²) in [6, 6.07) is 4.49. The van der Waals surface area contributed by atoms with Crippen LogP contribution in [0.1, 0.15) is 17.3 Å². The molecule has 0 aliphatic heterocycles. The number of esters is 1. The van der Waals surface area contributed by atoms with E-state index in [1.165, 1.54) is 7.11 Å². The molecule has 0 saturated carbocycles. The van der Waals surface area contributed by atoms with Crippen LogP contribution >= 0.6 is 31.9 Å². The fourth-order valence-electron chi connectivity index (χ4n) is 1.20. The van der Waals surface area contributed by atoms with Gasteiger partial charge in [0.15, 0.2) is 0 Å². The molecule has 92 valence electrons. The van der Waals surface area contributed by atoms with Crippen LogP contribution in [0.15, 0.2) is 27.1 Å². The van der Waals surface area contributed by atoms with Gasteiger partial charge < -0.3 is 10.1 Å². The number of carbonyl (C=O) groups is 2. The number of amides is 1. The average molecular weight is 365 g/mol. The molecule has 1 aromatic rings. The first-order valence-corrected chi connectivity index (χ1v) is 6.37. The van der Waals surface area contributed by atoms with Crippen molar-refractivity contribution < 1.29 is 14.3 Å². The number of methoxy groups -OCH3 is 1. The molecule has 1 aromatic carbocycles. The van der Waals surface area contributed by atoms with Crippen LogP contribution in [0.25, 0.3) is 0 Å². The molecule has 0 radical (unpaired) electrons. The van der Waals surface area contributed by atoms with Crippen molar-refractivity contribution in [3.8, 4) is 0 Å². The Labute approximate surface area is 116 Å². The Bertz CT molecular complexity index is 428. The third kappa shape index (κ3) is 4.12. The van der Waals surface area contributed by atoms with E-state index in [-0.39, 0.29) is 5.91 Å². The lowest BCUT2D eigenvalue weighted by Gasteiger charge is -2.11. The molecule has 0 aliphatic carbocycles. The van der Waals surface area contributed by atoms with Crippen molar-refractivity contribution in [3.05, 3.63) is 32.7 Å². The molecule has 0 aromatic heterocycles. The van der Waals surface area contributed by atoms with Crippen molar-refractivity contribution in [3.63, 3.8) is 0 Å². The van der Waals surface area contributed by atoms with Crippen LogP contribution in [0.2, 0.25) is 0 Å². The average Bonchev–Trinajstić information content (AvgIpc) is 2.26. The zero-order valence-electron chi connectivity index (χ0n) is 9.29. The highest BCUT2D eigenvalue weighted by Gasteiger charge is 2.17. The van der Waals surface area contributed by atoms with Gasteiger partial charge in [0.25, 0.3) is 5.91 Å². The fourth-order valence-corrected chi connectivity index (χ4v) is 2.49. The van der Waals surface area contributed by atoms with E-state index >= 15 is 0 Å². The second-order valence-electron chi connectivity index (χ2n) is 3.38. The second-order valence-corrected chi connectivity index (χ2v) is 5.21. The van der Waals surface area contributed by atoms with Gasteiger partial charge in [0.05, 0.1) is 7.11 Å². The van der Waals surface area contributed by atoms with Crippen LogP contribution in [0.3, 0.4) is 0 Å². The summed E-state index contributed by atoms with van der Waals surface area (Å²) in [7, 11) is 1.28. The van der Waals surface area contributed by atoms with Gasteiger partial charge in [0.2, 0.25) is 0 Å². The lowest BCUT2D eigenvalue weighted by Crippen LogP contribution is -2.39. The summed E-state index contributed by atoms with van der Waals surface area (Å²) in [5.41, 5.74) is 0.460. The van der Waals surface area contributed by atoms with Crippen LogP contribution in [-0.2, 0) is 9.53 Å². The number of halogens is 2. The highest BCUT2D eigenvalue weighted by atomic mass is 79.9. The molecule has 17 heavy (non-hydrogen) atoms. The number of benzene rings is 1. The van der Waals surface area contributed by atoms with E-state index in [1.54, 1.807) is 19.1 Å². The quantitative estimate of drug-likeness (QED) is 0.838. The summed E-state index contributed by atoms with van der Waals surface area (Å²) in [5, 5.41) is 2.55. The second kappa shape index (κ2) is 6.16. The number of carbonyl (C=O) groups excluding carboxylic acids is 2. The van der Waals surface area contributed by atoms with Crippen LogP contribution in [0, 0.1) is 0 Å². The van der Waals surface area contributed by atoms with Gasteiger partial charge in [-0.15, -0.1) is 0 Å². The summed E-state index contributed by atoms with van der Waals surface area (Å²) in [5.74, 6) is -0.808. The summed E-state index contributed by atoms with van der Waals surface area (Å²) in [4.78, 5) is 23.0. The Morgan fingerprint density at radius 3 is 2.24 bits per heavy atom. The number of hydrogen-bond donors (Lipinski definition) is 1. The van der Waals surface area contributed by atoms with Gasteiger partial charge in [0.1, 0.15) is 6.04 Å². The van der Waals surface area contributed by atoms with Gasteiger partial charge in [0, 0.05) is 14.5 Å². The van der Waals surface area contributed by atoms with Gasteiger partial charge in [-0.05, 0) is 25.1 Å². The van der Waals surface area contributed by atoms with E-state index in [9.17, 15) is 9.59 Å². The van der Waals surface area contributed by atoms with E-state index in [0.717, 1.165) is 8.95 Å². The van der Waals surface area contributed by atoms with Crippen LogP contribution < -0.4 is 5.32 Å². The highest BCUT2D eigenvalue weighted by Crippen LogP contribution is 2.20. The normalized spacial score (nSPS) is 11.8. The molecule has 0 spiro atoms. The fraction of sp³-hybridized carbons (Fsp3) is 0.273. The van der Waals surface area contributed by atoms with Gasteiger partial charge in [-0.3, -0.25) is 4.79 Å². The molecule has 1 unspecified atom stereocenters. The first-order valence-electron chi connectivity index (χ1n) is 4.79. The molecular formula is C11H11Br2NO3. The lowest BCUT2D eigenvalue weighted by molar-refractivity contribution is -0.142. The minimum atomic E-state index is -0.676. The highest BCUT2D eigenvalue weighted by molar-refractivity contribution is 9.11. The van der Waals surface area contributed by atoms with Gasteiger partial charge in [-0.2, -0.15) is 0 Å². The van der Waals surface area contributed by atoms with Gasteiger partial charge in [-0.25, -0.2) is 4.79 Å². The Morgan fingerprint density at radius 1 is 1.24 bits per heavy atom. The van der Waals surface area contributed by atoms with Gasteiger partial charge >= 0.3 is 5.97 Å². The van der Waals surface area contributed by atoms with E-state index in [0.29, 0.717) is 5.56 Å². The summed E-state index contributed by atoms with van der Waals surface area (Å²) in [6.07, 6.45) is 0. The lowest BCUT2D eigenvalue weighted by atomic mass is 10.2. The van der Waals surface area contributed by atoms with Crippen molar-refractivity contribution in [2.75, 3.05) is 7.11 Å². The molecule has 0 bridgehead atoms. The van der Waals surface area contributed by atoms with Crippen molar-refractivity contribution >= 4 is 43.7 Å². The van der Waals surface area contributed by atoms with Gasteiger partial charge in [-0.1, -0.05) is 31.9 Å². The molecular weight excluding hydrogens is 354 g/mol. The molecule has 0 saturated heterocycles. The Kier molecular flexibility index (Phi) is 5.14.